The summed E-state index contributed by atoms with van der Waals surface area (Å²) >= 11 is 3.37. The lowest BCUT2D eigenvalue weighted by Gasteiger charge is -2.39. The van der Waals surface area contributed by atoms with E-state index in [1.807, 2.05) is 0 Å². The van der Waals surface area contributed by atoms with E-state index < -0.39 is 0 Å². The molecule has 1 saturated carbocycles. The first-order valence-corrected chi connectivity index (χ1v) is 7.24. The van der Waals surface area contributed by atoms with E-state index in [9.17, 15) is 10.1 Å². The van der Waals surface area contributed by atoms with Gasteiger partial charge < -0.3 is 10.0 Å². The van der Waals surface area contributed by atoms with E-state index in [1.54, 1.807) is 12.1 Å². The zero-order valence-corrected chi connectivity index (χ0v) is 12.2. The topological polar surface area (TPSA) is 66.6 Å². The van der Waals surface area contributed by atoms with Crippen molar-refractivity contribution in [1.82, 2.24) is 0 Å². The third-order valence-electron chi connectivity index (χ3n) is 3.52. The molecule has 1 aliphatic rings. The molecule has 0 saturated heterocycles. The molecule has 1 aromatic rings. The molecule has 1 fully saturated rings. The molecule has 0 atom stereocenters. The second-order valence-electron chi connectivity index (χ2n) is 4.75. The van der Waals surface area contributed by atoms with Gasteiger partial charge in [0.15, 0.2) is 0 Å². The van der Waals surface area contributed by atoms with Crippen LogP contribution in [0.15, 0.2) is 22.7 Å². The zero-order valence-electron chi connectivity index (χ0n) is 10.6. The van der Waals surface area contributed by atoms with E-state index in [1.165, 1.54) is 12.5 Å². The number of hydrogen-bond acceptors (Lipinski definition) is 4. The monoisotopic (exact) mass is 328 g/mol. The Morgan fingerprint density at radius 2 is 2.21 bits per heavy atom. The Morgan fingerprint density at radius 3 is 2.74 bits per heavy atom. The summed E-state index contributed by atoms with van der Waals surface area (Å²) in [5, 5.41) is 20.2. The Morgan fingerprint density at radius 1 is 1.47 bits per heavy atom. The van der Waals surface area contributed by atoms with Crippen molar-refractivity contribution < 1.29 is 10.0 Å². The van der Waals surface area contributed by atoms with Crippen LogP contribution in [0.4, 0.5) is 11.4 Å². The van der Waals surface area contributed by atoms with E-state index >= 15 is 0 Å². The number of aliphatic hydroxyl groups excluding tert-OH is 1. The van der Waals surface area contributed by atoms with Crippen molar-refractivity contribution in [3.63, 3.8) is 0 Å². The van der Waals surface area contributed by atoms with Gasteiger partial charge in [0, 0.05) is 29.7 Å². The quantitative estimate of drug-likeness (QED) is 0.643. The van der Waals surface area contributed by atoms with Crippen molar-refractivity contribution in [3.05, 3.63) is 32.8 Å². The van der Waals surface area contributed by atoms with Gasteiger partial charge in [-0.25, -0.2) is 0 Å². The number of rotatable bonds is 6. The molecule has 0 unspecified atom stereocenters. The van der Waals surface area contributed by atoms with Gasteiger partial charge in [-0.3, -0.25) is 10.1 Å². The fourth-order valence-electron chi connectivity index (χ4n) is 2.32. The Balaban J connectivity index is 2.33. The lowest BCUT2D eigenvalue weighted by atomic mass is 9.90. The van der Waals surface area contributed by atoms with Crippen LogP contribution in [0.5, 0.6) is 0 Å². The number of nitrogens with zero attached hydrogens (tertiary/aromatic N) is 2. The molecule has 1 aliphatic carbocycles. The predicted molar refractivity (Wildman–Crippen MR) is 77.5 cm³/mol. The minimum atomic E-state index is -0.341. The molecular weight excluding hydrogens is 312 g/mol. The normalized spacial score (nSPS) is 15.1. The predicted octanol–water partition coefficient (Wildman–Crippen LogP) is 3.10. The van der Waals surface area contributed by atoms with Crippen molar-refractivity contribution in [2.45, 2.75) is 31.7 Å². The maximum atomic E-state index is 11.2. The minimum absolute atomic E-state index is 0.102. The molecular formula is C13H17BrN2O3. The largest absolute Gasteiger partial charge is 0.396 e. The van der Waals surface area contributed by atoms with Crippen LogP contribution in [0, 0.1) is 10.1 Å². The van der Waals surface area contributed by atoms with Gasteiger partial charge in [0.1, 0.15) is 5.69 Å². The van der Waals surface area contributed by atoms with Crippen molar-refractivity contribution in [3.8, 4) is 0 Å². The van der Waals surface area contributed by atoms with Crippen molar-refractivity contribution >= 4 is 27.3 Å². The van der Waals surface area contributed by atoms with Crippen molar-refractivity contribution in [1.29, 1.82) is 0 Å². The molecule has 0 amide bonds. The summed E-state index contributed by atoms with van der Waals surface area (Å²) in [6, 6.07) is 5.38. The number of benzene rings is 1. The molecule has 19 heavy (non-hydrogen) atoms. The fraction of sp³-hybridized carbons (Fsp3) is 0.538. The molecule has 0 heterocycles. The Kier molecular flexibility index (Phi) is 4.76. The third kappa shape index (κ3) is 3.25. The summed E-state index contributed by atoms with van der Waals surface area (Å²) < 4.78 is 0.835. The van der Waals surface area contributed by atoms with Crippen LogP contribution < -0.4 is 4.90 Å². The minimum Gasteiger partial charge on any atom is -0.396 e. The summed E-state index contributed by atoms with van der Waals surface area (Å²) in [5.41, 5.74) is 0.783. The SMILES string of the molecule is O=[N+]([O-])c1ccc(Br)cc1N(CCCO)C1CCC1. The van der Waals surface area contributed by atoms with Crippen molar-refractivity contribution in [2.24, 2.45) is 0 Å². The van der Waals surface area contributed by atoms with Gasteiger partial charge in [-0.05, 0) is 37.8 Å². The average Bonchev–Trinajstić information content (AvgIpc) is 2.31. The first-order valence-electron chi connectivity index (χ1n) is 6.45. The van der Waals surface area contributed by atoms with E-state index in [0.717, 1.165) is 17.3 Å². The highest BCUT2D eigenvalue weighted by molar-refractivity contribution is 9.10. The summed E-state index contributed by atoms with van der Waals surface area (Å²) in [4.78, 5) is 12.9. The van der Waals surface area contributed by atoms with Gasteiger partial charge in [-0.15, -0.1) is 0 Å². The second-order valence-corrected chi connectivity index (χ2v) is 5.66. The fourth-order valence-corrected chi connectivity index (χ4v) is 2.67. The standard InChI is InChI=1S/C13H17BrN2O3/c14-10-5-6-12(16(18)19)13(9-10)15(7-2-8-17)11-3-1-4-11/h5-6,9,11,17H,1-4,7-8H2. The van der Waals surface area contributed by atoms with E-state index in [4.69, 9.17) is 5.11 Å². The maximum Gasteiger partial charge on any atom is 0.292 e. The lowest BCUT2D eigenvalue weighted by molar-refractivity contribution is -0.384. The van der Waals surface area contributed by atoms with Gasteiger partial charge in [-0.2, -0.15) is 0 Å². The molecule has 2 rings (SSSR count). The van der Waals surface area contributed by atoms with E-state index in [0.29, 0.717) is 24.7 Å². The third-order valence-corrected chi connectivity index (χ3v) is 4.01. The van der Waals surface area contributed by atoms with Crippen molar-refractivity contribution in [2.75, 3.05) is 18.1 Å². The molecule has 104 valence electrons. The molecule has 1 aromatic carbocycles. The summed E-state index contributed by atoms with van der Waals surface area (Å²) in [5.74, 6) is 0. The van der Waals surface area contributed by atoms with Gasteiger partial charge in [0.25, 0.3) is 5.69 Å². The van der Waals surface area contributed by atoms with Crippen LogP contribution in [0.3, 0.4) is 0 Å². The summed E-state index contributed by atoms with van der Waals surface area (Å²) in [6.45, 7) is 0.753. The molecule has 5 nitrogen and oxygen atoms in total. The lowest BCUT2D eigenvalue weighted by Crippen LogP contribution is -2.41. The number of nitro groups is 1. The van der Waals surface area contributed by atoms with Crippen LogP contribution in [0.1, 0.15) is 25.7 Å². The highest BCUT2D eigenvalue weighted by Gasteiger charge is 2.29. The number of anilines is 1. The smallest absolute Gasteiger partial charge is 0.292 e. The molecule has 0 bridgehead atoms. The van der Waals surface area contributed by atoms with Crippen LogP contribution in [-0.2, 0) is 0 Å². The van der Waals surface area contributed by atoms with Gasteiger partial charge in [-0.1, -0.05) is 15.9 Å². The molecule has 0 aliphatic heterocycles. The van der Waals surface area contributed by atoms with Crippen LogP contribution >= 0.6 is 15.9 Å². The highest BCUT2D eigenvalue weighted by atomic mass is 79.9. The number of halogens is 1. The van der Waals surface area contributed by atoms with Crippen LogP contribution in [0.25, 0.3) is 0 Å². The van der Waals surface area contributed by atoms with Crippen LogP contribution in [0.2, 0.25) is 0 Å². The number of aliphatic hydroxyl groups is 1. The number of nitro benzene ring substituents is 1. The zero-order chi connectivity index (χ0) is 13.8. The average molecular weight is 329 g/mol. The van der Waals surface area contributed by atoms with Gasteiger partial charge in [0.05, 0.1) is 4.92 Å². The van der Waals surface area contributed by atoms with Gasteiger partial charge >= 0.3 is 0 Å². The summed E-state index contributed by atoms with van der Waals surface area (Å²) in [7, 11) is 0. The highest BCUT2D eigenvalue weighted by Crippen LogP contribution is 2.37. The number of hydrogen-bond donors (Lipinski definition) is 1. The van der Waals surface area contributed by atoms with E-state index in [2.05, 4.69) is 20.8 Å². The molecule has 0 spiro atoms. The first kappa shape index (κ1) is 14.3. The maximum absolute atomic E-state index is 11.2. The molecule has 1 N–H and O–H groups in total. The van der Waals surface area contributed by atoms with E-state index in [-0.39, 0.29) is 17.2 Å². The molecule has 6 heteroatoms. The molecule has 0 radical (unpaired) electrons. The first-order chi connectivity index (χ1) is 9.13. The Hall–Kier alpha value is -1.14. The Bertz CT molecular complexity index is 463. The Labute approximate surface area is 120 Å². The summed E-state index contributed by atoms with van der Waals surface area (Å²) in [6.07, 6.45) is 3.92. The second kappa shape index (κ2) is 6.34. The molecule has 0 aromatic heterocycles. The van der Waals surface area contributed by atoms with Crippen LogP contribution in [-0.4, -0.2) is 29.2 Å². The van der Waals surface area contributed by atoms with Gasteiger partial charge in [0.2, 0.25) is 0 Å².